The zero-order valence-electron chi connectivity index (χ0n) is 8.65. The van der Waals surface area contributed by atoms with E-state index in [1.54, 1.807) is 19.1 Å². The molecule has 4 heteroatoms. The molecule has 15 heavy (non-hydrogen) atoms. The van der Waals surface area contributed by atoms with Gasteiger partial charge in [-0.1, -0.05) is 12.1 Å². The van der Waals surface area contributed by atoms with Gasteiger partial charge < -0.3 is 10.5 Å². The molecule has 0 aliphatic rings. The second-order valence-corrected chi connectivity index (χ2v) is 3.21. The fourth-order valence-electron chi connectivity index (χ4n) is 1.45. The summed E-state index contributed by atoms with van der Waals surface area (Å²) in [5, 5.41) is 8.82. The zero-order valence-corrected chi connectivity index (χ0v) is 8.65. The summed E-state index contributed by atoms with van der Waals surface area (Å²) in [7, 11) is 0. The molecule has 78 valence electrons. The highest BCUT2D eigenvalue weighted by atomic mass is 16.6. The van der Waals surface area contributed by atoms with Gasteiger partial charge in [0.1, 0.15) is 6.10 Å². The first kappa shape index (κ1) is 11.1. The standard InChI is InChI=1S/C11H12N2O2/c1-7-9(6-12)4-3-5-10(7)8(2)15-11(13)14/h3-5,8H,1-2H3,(H2,13,14). The minimum absolute atomic E-state index is 0.434. The average molecular weight is 204 g/mol. The number of nitriles is 1. The lowest BCUT2D eigenvalue weighted by atomic mass is 10.00. The average Bonchev–Trinajstić information content (AvgIpc) is 2.17. The van der Waals surface area contributed by atoms with Crippen molar-refractivity contribution < 1.29 is 9.53 Å². The summed E-state index contributed by atoms with van der Waals surface area (Å²) in [6, 6.07) is 7.35. The number of ether oxygens (including phenoxy) is 1. The molecule has 1 rings (SSSR count). The summed E-state index contributed by atoms with van der Waals surface area (Å²) >= 11 is 0. The lowest BCUT2D eigenvalue weighted by molar-refractivity contribution is 0.116. The third kappa shape index (κ3) is 2.47. The molecule has 0 saturated heterocycles. The summed E-state index contributed by atoms with van der Waals surface area (Å²) in [6.07, 6.45) is -1.25. The number of hydrogen-bond donors (Lipinski definition) is 1. The van der Waals surface area contributed by atoms with Gasteiger partial charge in [-0.2, -0.15) is 5.26 Å². The van der Waals surface area contributed by atoms with E-state index in [4.69, 9.17) is 15.7 Å². The van der Waals surface area contributed by atoms with Gasteiger partial charge in [0.25, 0.3) is 0 Å². The summed E-state index contributed by atoms with van der Waals surface area (Å²) < 4.78 is 4.85. The Morgan fingerprint density at radius 3 is 2.80 bits per heavy atom. The smallest absolute Gasteiger partial charge is 0.405 e. The van der Waals surface area contributed by atoms with Crippen LogP contribution in [-0.2, 0) is 4.74 Å². The van der Waals surface area contributed by atoms with Gasteiger partial charge in [0.05, 0.1) is 11.6 Å². The molecule has 0 fully saturated rings. The Kier molecular flexibility index (Phi) is 3.29. The summed E-state index contributed by atoms with van der Waals surface area (Å²) in [4.78, 5) is 10.6. The number of nitrogens with zero attached hydrogens (tertiary/aromatic N) is 1. The first-order valence-electron chi connectivity index (χ1n) is 4.52. The highest BCUT2D eigenvalue weighted by Gasteiger charge is 2.13. The van der Waals surface area contributed by atoms with E-state index in [0.29, 0.717) is 5.56 Å². The summed E-state index contributed by atoms with van der Waals surface area (Å²) in [6.45, 7) is 3.53. The van der Waals surface area contributed by atoms with Gasteiger partial charge in [-0.05, 0) is 31.0 Å². The molecule has 1 aromatic carbocycles. The minimum atomic E-state index is -0.815. The predicted molar refractivity (Wildman–Crippen MR) is 55.0 cm³/mol. The summed E-state index contributed by atoms with van der Waals surface area (Å²) in [5.74, 6) is 0. The van der Waals surface area contributed by atoms with E-state index in [1.165, 1.54) is 0 Å². The van der Waals surface area contributed by atoms with Gasteiger partial charge in [-0.25, -0.2) is 4.79 Å². The Hall–Kier alpha value is -2.02. The van der Waals surface area contributed by atoms with Crippen molar-refractivity contribution >= 4 is 6.09 Å². The van der Waals surface area contributed by atoms with Crippen LogP contribution < -0.4 is 5.73 Å². The number of benzene rings is 1. The van der Waals surface area contributed by atoms with Crippen LogP contribution in [0, 0.1) is 18.3 Å². The maximum atomic E-state index is 10.6. The number of carbonyl (C=O) groups excluding carboxylic acids is 1. The molecule has 0 radical (unpaired) electrons. The maximum absolute atomic E-state index is 10.6. The predicted octanol–water partition coefficient (Wildman–Crippen LogP) is 2.02. The van der Waals surface area contributed by atoms with Gasteiger partial charge in [0.15, 0.2) is 0 Å². The van der Waals surface area contributed by atoms with E-state index in [1.807, 2.05) is 13.0 Å². The largest absolute Gasteiger partial charge is 0.442 e. The molecule has 0 spiro atoms. The van der Waals surface area contributed by atoms with Crippen molar-refractivity contribution in [2.24, 2.45) is 5.73 Å². The van der Waals surface area contributed by atoms with E-state index < -0.39 is 12.2 Å². The summed E-state index contributed by atoms with van der Waals surface area (Å²) in [5.41, 5.74) is 7.11. The van der Waals surface area contributed by atoms with Crippen LogP contribution in [0.4, 0.5) is 4.79 Å². The van der Waals surface area contributed by atoms with Gasteiger partial charge in [0, 0.05) is 0 Å². The minimum Gasteiger partial charge on any atom is -0.442 e. The Morgan fingerprint density at radius 1 is 1.60 bits per heavy atom. The third-order valence-corrected chi connectivity index (χ3v) is 2.23. The molecule has 0 aliphatic carbocycles. The van der Waals surface area contributed by atoms with Gasteiger partial charge in [-0.15, -0.1) is 0 Å². The van der Waals surface area contributed by atoms with Crippen LogP contribution in [0.25, 0.3) is 0 Å². The molecule has 0 aliphatic heterocycles. The lowest BCUT2D eigenvalue weighted by Crippen LogP contribution is -2.16. The van der Waals surface area contributed by atoms with Crippen molar-refractivity contribution in [1.82, 2.24) is 0 Å². The molecule has 1 atom stereocenters. The number of rotatable bonds is 2. The molecule has 0 aromatic heterocycles. The molecule has 0 bridgehead atoms. The Balaban J connectivity index is 3.05. The zero-order chi connectivity index (χ0) is 11.4. The number of amides is 1. The lowest BCUT2D eigenvalue weighted by Gasteiger charge is -2.14. The topological polar surface area (TPSA) is 76.1 Å². The second-order valence-electron chi connectivity index (χ2n) is 3.21. The highest BCUT2D eigenvalue weighted by Crippen LogP contribution is 2.22. The van der Waals surface area contributed by atoms with E-state index >= 15 is 0 Å². The molecular weight excluding hydrogens is 192 g/mol. The van der Waals surface area contributed by atoms with E-state index in [-0.39, 0.29) is 0 Å². The normalized spacial score (nSPS) is 11.5. The molecular formula is C11H12N2O2. The monoisotopic (exact) mass is 204 g/mol. The van der Waals surface area contributed by atoms with Crippen LogP contribution in [0.3, 0.4) is 0 Å². The molecule has 1 amide bonds. The number of primary amides is 1. The molecule has 2 N–H and O–H groups in total. The van der Waals surface area contributed by atoms with Crippen LogP contribution in [0.1, 0.15) is 29.7 Å². The number of nitrogens with two attached hydrogens (primary N) is 1. The van der Waals surface area contributed by atoms with Crippen LogP contribution in [0.2, 0.25) is 0 Å². The molecule has 0 heterocycles. The van der Waals surface area contributed by atoms with E-state index in [2.05, 4.69) is 6.07 Å². The number of carbonyl (C=O) groups is 1. The third-order valence-electron chi connectivity index (χ3n) is 2.23. The molecule has 1 aromatic rings. The van der Waals surface area contributed by atoms with Crippen molar-refractivity contribution in [1.29, 1.82) is 5.26 Å². The van der Waals surface area contributed by atoms with Crippen LogP contribution in [0.5, 0.6) is 0 Å². The van der Waals surface area contributed by atoms with Crippen molar-refractivity contribution in [3.63, 3.8) is 0 Å². The first-order chi connectivity index (χ1) is 7.06. The number of hydrogen-bond acceptors (Lipinski definition) is 3. The molecule has 4 nitrogen and oxygen atoms in total. The molecule has 0 saturated carbocycles. The van der Waals surface area contributed by atoms with Crippen molar-refractivity contribution in [3.8, 4) is 6.07 Å². The second kappa shape index (κ2) is 4.47. The fraction of sp³-hybridized carbons (Fsp3) is 0.273. The Morgan fingerprint density at radius 2 is 2.27 bits per heavy atom. The van der Waals surface area contributed by atoms with Gasteiger partial charge >= 0.3 is 6.09 Å². The van der Waals surface area contributed by atoms with Crippen LogP contribution in [-0.4, -0.2) is 6.09 Å². The SMILES string of the molecule is Cc1c(C#N)cccc1C(C)OC(N)=O. The van der Waals surface area contributed by atoms with Crippen molar-refractivity contribution in [2.75, 3.05) is 0 Å². The van der Waals surface area contributed by atoms with Crippen molar-refractivity contribution in [2.45, 2.75) is 20.0 Å². The van der Waals surface area contributed by atoms with E-state index in [0.717, 1.165) is 11.1 Å². The Bertz CT molecular complexity index is 421. The van der Waals surface area contributed by atoms with Gasteiger partial charge in [-0.3, -0.25) is 0 Å². The van der Waals surface area contributed by atoms with Crippen LogP contribution in [0.15, 0.2) is 18.2 Å². The molecule has 1 unspecified atom stereocenters. The quantitative estimate of drug-likeness (QED) is 0.800. The van der Waals surface area contributed by atoms with Gasteiger partial charge in [0.2, 0.25) is 0 Å². The highest BCUT2D eigenvalue weighted by molar-refractivity contribution is 5.65. The van der Waals surface area contributed by atoms with E-state index in [9.17, 15) is 4.79 Å². The Labute approximate surface area is 88.3 Å². The maximum Gasteiger partial charge on any atom is 0.405 e. The fourth-order valence-corrected chi connectivity index (χ4v) is 1.45. The van der Waals surface area contributed by atoms with Crippen molar-refractivity contribution in [3.05, 3.63) is 34.9 Å². The van der Waals surface area contributed by atoms with Crippen LogP contribution >= 0.6 is 0 Å². The first-order valence-corrected chi connectivity index (χ1v) is 4.52.